The van der Waals surface area contributed by atoms with Gasteiger partial charge in [-0.1, -0.05) is 29.5 Å². The lowest BCUT2D eigenvalue weighted by Crippen LogP contribution is -2.39. The fourth-order valence-electron chi connectivity index (χ4n) is 5.93. The lowest BCUT2D eigenvalue weighted by Gasteiger charge is -2.33. The summed E-state index contributed by atoms with van der Waals surface area (Å²) in [5.41, 5.74) is 6.56. The van der Waals surface area contributed by atoms with Gasteiger partial charge in [-0.25, -0.2) is 4.68 Å². The molecule has 1 aromatic heterocycles. The number of carbonyl (C=O) groups is 1. The third-order valence-electron chi connectivity index (χ3n) is 8.20. The number of aryl methyl sites for hydroxylation is 3. The Morgan fingerprint density at radius 3 is 2.71 bits per heavy atom. The lowest BCUT2D eigenvalue weighted by molar-refractivity contribution is -0.137. The number of rotatable bonds is 2. The number of carboxylic acids is 1. The highest BCUT2D eigenvalue weighted by Gasteiger charge is 2.37. The van der Waals surface area contributed by atoms with Crippen LogP contribution in [0.1, 0.15) is 71.5 Å². The summed E-state index contributed by atoms with van der Waals surface area (Å²) < 4.78 is 41.3. The van der Waals surface area contributed by atoms with Gasteiger partial charge in [-0.3, -0.25) is 4.79 Å². The van der Waals surface area contributed by atoms with E-state index in [9.17, 15) is 18.3 Å². The first-order valence-corrected chi connectivity index (χ1v) is 15.1. The van der Waals surface area contributed by atoms with Crippen LogP contribution in [0, 0.1) is 13.8 Å². The molecule has 3 aliphatic rings. The van der Waals surface area contributed by atoms with E-state index in [0.29, 0.717) is 24.7 Å². The summed E-state index contributed by atoms with van der Waals surface area (Å²) in [7, 11) is -4.08. The molecule has 1 unspecified atom stereocenters. The fraction of sp³-hybridized carbons (Fsp3) is 0.367. The molecule has 10 nitrogen and oxygen atoms in total. The number of benzene rings is 3. The zero-order valence-electron chi connectivity index (χ0n) is 23.2. The van der Waals surface area contributed by atoms with E-state index in [1.807, 2.05) is 61.9 Å². The minimum atomic E-state index is -4.08. The molecule has 3 aromatic carbocycles. The quantitative estimate of drug-likeness (QED) is 0.353. The minimum Gasteiger partial charge on any atom is -0.494 e. The second kappa shape index (κ2) is 10.5. The van der Waals surface area contributed by atoms with Gasteiger partial charge in [0, 0.05) is 24.6 Å². The van der Waals surface area contributed by atoms with E-state index in [1.54, 1.807) is 12.1 Å². The maximum atomic E-state index is 13.3. The summed E-state index contributed by atoms with van der Waals surface area (Å²) >= 11 is 0. The largest absolute Gasteiger partial charge is 0.494 e. The first-order valence-electron chi connectivity index (χ1n) is 13.7. The number of nitrogens with zero attached hydrogens (tertiary/aromatic N) is 4. The van der Waals surface area contributed by atoms with E-state index in [1.165, 1.54) is 4.31 Å². The zero-order valence-corrected chi connectivity index (χ0v) is 24.0. The van der Waals surface area contributed by atoms with Gasteiger partial charge >= 0.3 is 16.3 Å². The Kier molecular flexibility index (Phi) is 6.95. The summed E-state index contributed by atoms with van der Waals surface area (Å²) in [5.74, 6) is -0.445. The van der Waals surface area contributed by atoms with Crippen LogP contribution >= 0.6 is 0 Å². The van der Waals surface area contributed by atoms with Crippen LogP contribution in [0.25, 0.3) is 11.0 Å². The van der Waals surface area contributed by atoms with E-state index in [0.717, 1.165) is 57.3 Å². The first kappa shape index (κ1) is 27.2. The lowest BCUT2D eigenvalue weighted by atomic mass is 9.83. The topological polar surface area (TPSA) is 124 Å². The van der Waals surface area contributed by atoms with Crippen LogP contribution in [-0.2, 0) is 28.2 Å². The number of aromatic nitrogens is 3. The molecule has 0 fully saturated rings. The molecule has 0 saturated heterocycles. The van der Waals surface area contributed by atoms with Crippen LogP contribution in [0.4, 0.5) is 0 Å². The van der Waals surface area contributed by atoms with Crippen molar-refractivity contribution in [2.75, 3.05) is 6.61 Å². The van der Waals surface area contributed by atoms with Crippen LogP contribution in [0.5, 0.6) is 11.5 Å². The molecule has 214 valence electrons. The molecule has 3 aliphatic heterocycles. The third-order valence-corrected chi connectivity index (χ3v) is 9.61. The molecular weight excluding hydrogens is 544 g/mol. The normalized spacial score (nSPS) is 21.9. The summed E-state index contributed by atoms with van der Waals surface area (Å²) in [5, 5.41) is 18.7. The first-order chi connectivity index (χ1) is 19.6. The molecule has 7 rings (SSSR count). The molecule has 0 radical (unpaired) electrons. The second-order valence-electron chi connectivity index (χ2n) is 10.8. The van der Waals surface area contributed by atoms with Crippen LogP contribution in [0.3, 0.4) is 0 Å². The SMILES string of the molecule is Cc1ccc2cc1[C@@H](C)N1Cc3cc(ccc3OS1(=O)=O)OCCCCn1nnc3c(C)c(ccc31)[C@@H]2CC(=O)O. The van der Waals surface area contributed by atoms with Crippen molar-refractivity contribution in [2.45, 2.75) is 65.1 Å². The van der Waals surface area contributed by atoms with Crippen molar-refractivity contribution in [1.82, 2.24) is 19.3 Å². The second-order valence-corrected chi connectivity index (χ2v) is 12.3. The van der Waals surface area contributed by atoms with Crippen LogP contribution < -0.4 is 8.92 Å². The van der Waals surface area contributed by atoms with Gasteiger partial charge in [0.1, 0.15) is 17.0 Å². The number of aliphatic carboxylic acids is 1. The molecule has 0 saturated carbocycles. The molecule has 1 N–H and O–H groups in total. The van der Waals surface area contributed by atoms with Gasteiger partial charge in [0.25, 0.3) is 0 Å². The van der Waals surface area contributed by atoms with Crippen molar-refractivity contribution in [2.24, 2.45) is 0 Å². The molecule has 11 heteroatoms. The van der Waals surface area contributed by atoms with Crippen LogP contribution in [0.2, 0.25) is 0 Å². The van der Waals surface area contributed by atoms with Crippen LogP contribution in [0.15, 0.2) is 48.5 Å². The van der Waals surface area contributed by atoms with Crippen molar-refractivity contribution in [3.05, 3.63) is 81.9 Å². The Balaban J connectivity index is 1.50. The highest BCUT2D eigenvalue weighted by atomic mass is 32.2. The molecule has 0 amide bonds. The van der Waals surface area contributed by atoms with E-state index >= 15 is 0 Å². The van der Waals surface area contributed by atoms with Crippen molar-refractivity contribution >= 4 is 27.3 Å². The average molecular weight is 577 g/mol. The number of carboxylic acid groups (broad SMARTS) is 1. The third kappa shape index (κ3) is 5.04. The predicted octanol–water partition coefficient (Wildman–Crippen LogP) is 5.03. The summed E-state index contributed by atoms with van der Waals surface area (Å²) in [6, 6.07) is 14.3. The molecule has 0 aliphatic carbocycles. The van der Waals surface area contributed by atoms with Crippen LogP contribution in [-0.4, -0.2) is 45.4 Å². The Morgan fingerprint density at radius 1 is 1.07 bits per heavy atom. The van der Waals surface area contributed by atoms with Crippen molar-refractivity contribution in [1.29, 1.82) is 0 Å². The predicted molar refractivity (Wildman–Crippen MR) is 152 cm³/mol. The summed E-state index contributed by atoms with van der Waals surface area (Å²) in [4.78, 5) is 12.1. The summed E-state index contributed by atoms with van der Waals surface area (Å²) in [6.07, 6.45) is 1.49. The number of hydrogen-bond donors (Lipinski definition) is 1. The van der Waals surface area contributed by atoms with Crippen molar-refractivity contribution in [3.8, 4) is 11.5 Å². The Bertz CT molecular complexity index is 1770. The highest BCUT2D eigenvalue weighted by Crippen LogP contribution is 2.40. The standard InChI is InChI=1S/C30H32N4O6S/c1-18-6-7-21-15-25(18)20(3)34-17-22-14-23(8-11-28(22)40-41(34,37)38)39-13-5-4-12-33-27-10-9-24(26(21)16-29(35)36)19(2)30(27)31-32-33/h6-11,14-15,20,26H,4-5,12-13,16-17H2,1-3H3,(H,35,36)/t20-,26-/m1/s1. The smallest absolute Gasteiger partial charge is 0.386 e. The van der Waals surface area contributed by atoms with Gasteiger partial charge < -0.3 is 14.0 Å². The Morgan fingerprint density at radius 2 is 1.90 bits per heavy atom. The zero-order chi connectivity index (χ0) is 28.9. The molecule has 0 spiro atoms. The highest BCUT2D eigenvalue weighted by molar-refractivity contribution is 7.84. The molecular formula is C30H32N4O6S. The van der Waals surface area contributed by atoms with Gasteiger partial charge in [0.15, 0.2) is 0 Å². The van der Waals surface area contributed by atoms with E-state index in [-0.39, 0.29) is 13.0 Å². The maximum absolute atomic E-state index is 13.3. The van der Waals surface area contributed by atoms with Crippen molar-refractivity contribution < 1.29 is 27.2 Å². The van der Waals surface area contributed by atoms with Gasteiger partial charge in [-0.15, -0.1) is 5.10 Å². The molecule has 3 atom stereocenters. The molecule has 41 heavy (non-hydrogen) atoms. The van der Waals surface area contributed by atoms with Gasteiger partial charge in [-0.05, 0) is 85.7 Å². The molecule has 4 aromatic rings. The van der Waals surface area contributed by atoms with E-state index in [4.69, 9.17) is 8.92 Å². The fourth-order valence-corrected chi connectivity index (χ4v) is 7.21. The molecule has 4 heterocycles. The van der Waals surface area contributed by atoms with Gasteiger partial charge in [-0.2, -0.15) is 12.7 Å². The van der Waals surface area contributed by atoms with Crippen molar-refractivity contribution in [3.63, 3.8) is 0 Å². The number of hydrogen-bond acceptors (Lipinski definition) is 7. The van der Waals surface area contributed by atoms with Gasteiger partial charge in [0.2, 0.25) is 0 Å². The summed E-state index contributed by atoms with van der Waals surface area (Å²) in [6.45, 7) is 6.99. The number of ether oxygens (including phenoxy) is 1. The Labute approximate surface area is 238 Å². The number of fused-ring (bicyclic) bond motifs is 5. The Hall–Kier alpha value is -3.96. The minimum absolute atomic E-state index is 0.125. The molecule has 9 bridgehead atoms. The van der Waals surface area contributed by atoms with Gasteiger partial charge in [0.05, 0.1) is 24.6 Å². The van der Waals surface area contributed by atoms with E-state index in [2.05, 4.69) is 10.3 Å². The maximum Gasteiger partial charge on any atom is 0.386 e. The average Bonchev–Trinajstić information content (AvgIpc) is 3.34. The monoisotopic (exact) mass is 576 g/mol. The van der Waals surface area contributed by atoms with E-state index < -0.39 is 28.2 Å².